The molecule has 2 fully saturated rings. The van der Waals surface area contributed by atoms with Gasteiger partial charge in [0.1, 0.15) is 0 Å². The molecule has 0 saturated heterocycles. The van der Waals surface area contributed by atoms with Crippen molar-refractivity contribution in [2.45, 2.75) is 57.5 Å². The molecular formula is C13H22N2O3. The second-order valence-electron chi connectivity index (χ2n) is 5.87. The lowest BCUT2D eigenvalue weighted by atomic mass is 9.83. The minimum Gasteiger partial charge on any atom is -0.481 e. The van der Waals surface area contributed by atoms with E-state index in [0.29, 0.717) is 6.42 Å². The highest BCUT2D eigenvalue weighted by Crippen LogP contribution is 2.37. The van der Waals surface area contributed by atoms with Crippen LogP contribution in [0.25, 0.3) is 0 Å². The van der Waals surface area contributed by atoms with Gasteiger partial charge in [-0.25, -0.2) is 0 Å². The summed E-state index contributed by atoms with van der Waals surface area (Å²) in [5.74, 6) is -1.31. The van der Waals surface area contributed by atoms with E-state index in [1.54, 1.807) is 0 Å². The Balaban J connectivity index is 2.01. The Kier molecular flexibility index (Phi) is 3.61. The van der Waals surface area contributed by atoms with E-state index in [4.69, 9.17) is 10.8 Å². The van der Waals surface area contributed by atoms with Crippen molar-refractivity contribution in [2.24, 2.45) is 17.1 Å². The lowest BCUT2D eigenvalue weighted by molar-refractivity contribution is -0.142. The molecule has 0 heterocycles. The molecule has 2 saturated carbocycles. The fourth-order valence-electron chi connectivity index (χ4n) is 3.24. The number of carbonyl (C=O) groups excluding carboxylic acids is 1. The van der Waals surface area contributed by atoms with Crippen LogP contribution in [0, 0.1) is 11.3 Å². The molecule has 0 aliphatic heterocycles. The van der Waals surface area contributed by atoms with Crippen LogP contribution in [0.5, 0.6) is 0 Å². The van der Waals surface area contributed by atoms with E-state index in [1.165, 1.54) is 0 Å². The molecule has 4 N–H and O–H groups in total. The Morgan fingerprint density at radius 3 is 2.56 bits per heavy atom. The van der Waals surface area contributed by atoms with E-state index < -0.39 is 17.3 Å². The summed E-state index contributed by atoms with van der Waals surface area (Å²) in [6.07, 6.45) is 4.92. The fraction of sp³-hybridized carbons (Fsp3) is 0.846. The first-order valence-electron chi connectivity index (χ1n) is 6.74. The molecule has 0 bridgehead atoms. The number of amides is 1. The first-order chi connectivity index (χ1) is 8.45. The van der Waals surface area contributed by atoms with Gasteiger partial charge in [-0.1, -0.05) is 12.8 Å². The maximum Gasteiger partial charge on any atom is 0.308 e. The summed E-state index contributed by atoms with van der Waals surface area (Å²) in [5, 5.41) is 12.0. The quantitative estimate of drug-likeness (QED) is 0.697. The summed E-state index contributed by atoms with van der Waals surface area (Å²) in [4.78, 5) is 23.4. The molecule has 2 aliphatic rings. The summed E-state index contributed by atoms with van der Waals surface area (Å²) < 4.78 is 0. The number of nitrogens with two attached hydrogens (primary N) is 1. The highest BCUT2D eigenvalue weighted by atomic mass is 16.4. The SMILES string of the molecule is CC1(C(=O)NC2CCCC2C(=O)O)CCCC1N. The van der Waals surface area contributed by atoms with Crippen molar-refractivity contribution in [2.75, 3.05) is 0 Å². The van der Waals surface area contributed by atoms with Crippen LogP contribution >= 0.6 is 0 Å². The average molecular weight is 254 g/mol. The summed E-state index contributed by atoms with van der Waals surface area (Å²) >= 11 is 0. The van der Waals surface area contributed by atoms with E-state index in [1.807, 2.05) is 6.92 Å². The van der Waals surface area contributed by atoms with Gasteiger partial charge >= 0.3 is 5.97 Å². The minimum absolute atomic E-state index is 0.0642. The minimum atomic E-state index is -0.807. The van der Waals surface area contributed by atoms with Crippen LogP contribution in [-0.4, -0.2) is 29.1 Å². The zero-order valence-electron chi connectivity index (χ0n) is 10.8. The van der Waals surface area contributed by atoms with Crippen LogP contribution in [0.1, 0.15) is 45.4 Å². The summed E-state index contributed by atoms with van der Waals surface area (Å²) in [5.41, 5.74) is 5.48. The second kappa shape index (κ2) is 4.88. The first kappa shape index (κ1) is 13.3. The number of rotatable bonds is 3. The van der Waals surface area contributed by atoms with E-state index in [2.05, 4.69) is 5.32 Å². The third-order valence-corrected chi connectivity index (χ3v) is 4.70. The van der Waals surface area contributed by atoms with E-state index in [9.17, 15) is 9.59 Å². The highest BCUT2D eigenvalue weighted by molar-refractivity contribution is 5.84. The lowest BCUT2D eigenvalue weighted by Crippen LogP contribution is -2.51. The van der Waals surface area contributed by atoms with Crippen LogP contribution in [-0.2, 0) is 9.59 Å². The number of aliphatic carboxylic acids is 1. The van der Waals surface area contributed by atoms with Gasteiger partial charge < -0.3 is 16.2 Å². The molecule has 0 aromatic heterocycles. The number of hydrogen-bond donors (Lipinski definition) is 3. The lowest BCUT2D eigenvalue weighted by Gasteiger charge is -2.30. The van der Waals surface area contributed by atoms with Gasteiger partial charge in [0.15, 0.2) is 0 Å². The third-order valence-electron chi connectivity index (χ3n) is 4.70. The summed E-state index contributed by atoms with van der Waals surface area (Å²) in [6.45, 7) is 1.89. The second-order valence-corrected chi connectivity index (χ2v) is 5.87. The molecule has 1 amide bonds. The number of carbonyl (C=O) groups is 2. The Morgan fingerprint density at radius 2 is 2.00 bits per heavy atom. The largest absolute Gasteiger partial charge is 0.481 e. The van der Waals surface area contributed by atoms with Gasteiger partial charge in [-0.15, -0.1) is 0 Å². The van der Waals surface area contributed by atoms with Gasteiger partial charge in [-0.3, -0.25) is 9.59 Å². The van der Waals surface area contributed by atoms with Crippen LogP contribution in [0.15, 0.2) is 0 Å². The Hall–Kier alpha value is -1.10. The molecule has 4 atom stereocenters. The molecule has 102 valence electrons. The van der Waals surface area contributed by atoms with Gasteiger partial charge in [0.2, 0.25) is 5.91 Å². The van der Waals surface area contributed by atoms with Crippen LogP contribution < -0.4 is 11.1 Å². The monoisotopic (exact) mass is 254 g/mol. The smallest absolute Gasteiger partial charge is 0.308 e. The highest BCUT2D eigenvalue weighted by Gasteiger charge is 2.45. The van der Waals surface area contributed by atoms with Crippen molar-refractivity contribution in [1.29, 1.82) is 0 Å². The molecular weight excluding hydrogens is 232 g/mol. The van der Waals surface area contributed by atoms with E-state index in [0.717, 1.165) is 32.1 Å². The Bertz CT molecular complexity index is 358. The molecule has 2 aliphatic carbocycles. The maximum absolute atomic E-state index is 12.3. The van der Waals surface area contributed by atoms with Gasteiger partial charge in [-0.05, 0) is 32.6 Å². The number of carboxylic acid groups (broad SMARTS) is 1. The molecule has 0 aromatic carbocycles. The molecule has 18 heavy (non-hydrogen) atoms. The molecule has 0 spiro atoms. The normalized spacial score (nSPS) is 39.8. The molecule has 2 rings (SSSR count). The zero-order chi connectivity index (χ0) is 13.3. The van der Waals surface area contributed by atoms with Crippen molar-refractivity contribution in [3.05, 3.63) is 0 Å². The predicted octanol–water partition coefficient (Wildman–Crippen LogP) is 0.873. The van der Waals surface area contributed by atoms with E-state index >= 15 is 0 Å². The first-order valence-corrected chi connectivity index (χ1v) is 6.74. The number of hydrogen-bond acceptors (Lipinski definition) is 3. The summed E-state index contributed by atoms with van der Waals surface area (Å²) in [7, 11) is 0. The van der Waals surface area contributed by atoms with Crippen LogP contribution in [0.2, 0.25) is 0 Å². The van der Waals surface area contributed by atoms with Gasteiger partial charge in [0.25, 0.3) is 0 Å². The van der Waals surface area contributed by atoms with Crippen molar-refractivity contribution >= 4 is 11.9 Å². The van der Waals surface area contributed by atoms with Crippen LogP contribution in [0.4, 0.5) is 0 Å². The molecule has 5 nitrogen and oxygen atoms in total. The third kappa shape index (κ3) is 2.23. The number of carboxylic acids is 1. The average Bonchev–Trinajstić information content (AvgIpc) is 2.88. The van der Waals surface area contributed by atoms with Crippen LogP contribution in [0.3, 0.4) is 0 Å². The van der Waals surface area contributed by atoms with Gasteiger partial charge in [0, 0.05) is 12.1 Å². The predicted molar refractivity (Wildman–Crippen MR) is 66.8 cm³/mol. The molecule has 4 unspecified atom stereocenters. The van der Waals surface area contributed by atoms with Gasteiger partial charge in [0.05, 0.1) is 11.3 Å². The van der Waals surface area contributed by atoms with Crippen molar-refractivity contribution < 1.29 is 14.7 Å². The van der Waals surface area contributed by atoms with Crippen molar-refractivity contribution in [3.63, 3.8) is 0 Å². The summed E-state index contributed by atoms with van der Waals surface area (Å²) in [6, 6.07) is -0.332. The topological polar surface area (TPSA) is 92.4 Å². The van der Waals surface area contributed by atoms with E-state index in [-0.39, 0.29) is 18.0 Å². The molecule has 5 heteroatoms. The van der Waals surface area contributed by atoms with Crippen molar-refractivity contribution in [3.8, 4) is 0 Å². The fourth-order valence-corrected chi connectivity index (χ4v) is 3.24. The Morgan fingerprint density at radius 1 is 1.28 bits per heavy atom. The van der Waals surface area contributed by atoms with Crippen molar-refractivity contribution in [1.82, 2.24) is 5.32 Å². The standard InChI is InChI=1S/C13H22N2O3/c1-13(7-3-6-10(13)14)12(18)15-9-5-2-4-8(9)11(16)17/h8-10H,2-7,14H2,1H3,(H,15,18)(H,16,17). The number of nitrogens with one attached hydrogen (secondary N) is 1. The molecule has 0 radical (unpaired) electrons. The zero-order valence-corrected chi connectivity index (χ0v) is 10.8. The maximum atomic E-state index is 12.3. The Labute approximate surface area is 107 Å². The molecule has 0 aromatic rings. The van der Waals surface area contributed by atoms with Gasteiger partial charge in [-0.2, -0.15) is 0 Å².